The number of anilines is 1. The molecule has 0 bridgehead atoms. The summed E-state index contributed by atoms with van der Waals surface area (Å²) in [6.07, 6.45) is 5.87. The summed E-state index contributed by atoms with van der Waals surface area (Å²) in [4.78, 5) is 0. The topological polar surface area (TPSA) is 29.9 Å². The van der Waals surface area contributed by atoms with E-state index < -0.39 is 0 Å². The summed E-state index contributed by atoms with van der Waals surface area (Å²) in [7, 11) is 0. The van der Waals surface area contributed by atoms with E-state index in [9.17, 15) is 0 Å². The van der Waals surface area contributed by atoms with Crippen LogP contribution in [0.2, 0.25) is 0 Å². The number of aromatic nitrogens is 2. The molecule has 1 N–H and O–H groups in total. The van der Waals surface area contributed by atoms with Gasteiger partial charge in [0.05, 0.1) is 11.4 Å². The van der Waals surface area contributed by atoms with E-state index in [0.717, 1.165) is 25.8 Å². The second-order valence-electron chi connectivity index (χ2n) is 6.53. The fraction of sp³-hybridized carbons (Fsp3) is 0.526. The van der Waals surface area contributed by atoms with E-state index in [-0.39, 0.29) is 0 Å². The summed E-state index contributed by atoms with van der Waals surface area (Å²) < 4.78 is 2.17. The molecule has 0 aliphatic carbocycles. The number of fused-ring (bicyclic) bond motifs is 1. The van der Waals surface area contributed by atoms with Gasteiger partial charge in [-0.1, -0.05) is 45.4 Å². The van der Waals surface area contributed by atoms with Gasteiger partial charge in [0.15, 0.2) is 0 Å². The smallest absolute Gasteiger partial charge is 0.133 e. The van der Waals surface area contributed by atoms with E-state index >= 15 is 0 Å². The van der Waals surface area contributed by atoms with Crippen LogP contribution in [0.4, 0.5) is 5.82 Å². The first-order valence-electron chi connectivity index (χ1n) is 8.66. The van der Waals surface area contributed by atoms with E-state index in [4.69, 9.17) is 5.10 Å². The van der Waals surface area contributed by atoms with Crippen LogP contribution in [0.15, 0.2) is 24.3 Å². The van der Waals surface area contributed by atoms with Crippen molar-refractivity contribution in [3.05, 3.63) is 41.1 Å². The molecule has 3 rings (SSSR count). The first-order valence-corrected chi connectivity index (χ1v) is 8.66. The standard InChI is InChI=1S/C19H27N3/c1-4-9-17-16-11-7-8-13-20-19(16)22(21-17)18-12-6-5-10-15(18)14(2)3/h5-6,10,12,14,20H,4,7-9,11,13H2,1-3H3. The number of hydrogen-bond acceptors (Lipinski definition) is 2. The van der Waals surface area contributed by atoms with E-state index in [0.29, 0.717) is 5.92 Å². The highest BCUT2D eigenvalue weighted by molar-refractivity contribution is 5.56. The van der Waals surface area contributed by atoms with Gasteiger partial charge in [0.1, 0.15) is 5.82 Å². The Hall–Kier alpha value is -1.77. The third-order valence-corrected chi connectivity index (χ3v) is 4.49. The summed E-state index contributed by atoms with van der Waals surface area (Å²) in [5.41, 5.74) is 5.32. The third kappa shape index (κ3) is 2.77. The number of benzene rings is 1. The Morgan fingerprint density at radius 2 is 2.05 bits per heavy atom. The van der Waals surface area contributed by atoms with Crippen LogP contribution in [0.3, 0.4) is 0 Å². The first kappa shape index (κ1) is 15.1. The zero-order chi connectivity index (χ0) is 15.5. The Labute approximate surface area is 133 Å². The highest BCUT2D eigenvalue weighted by Crippen LogP contribution is 2.31. The number of para-hydroxylation sites is 1. The molecule has 0 fully saturated rings. The largest absolute Gasteiger partial charge is 0.370 e. The van der Waals surface area contributed by atoms with E-state index in [1.54, 1.807) is 0 Å². The van der Waals surface area contributed by atoms with E-state index in [1.165, 1.54) is 41.2 Å². The van der Waals surface area contributed by atoms with Gasteiger partial charge in [-0.05, 0) is 43.2 Å². The molecule has 1 aromatic heterocycles. The molecular formula is C19H27N3. The van der Waals surface area contributed by atoms with Crippen LogP contribution in [0.25, 0.3) is 5.69 Å². The molecule has 0 saturated heterocycles. The Balaban J connectivity index is 2.15. The molecular weight excluding hydrogens is 270 g/mol. The Kier molecular flexibility index (Phi) is 4.51. The number of nitrogens with zero attached hydrogens (tertiary/aromatic N) is 2. The van der Waals surface area contributed by atoms with Gasteiger partial charge in [-0.25, -0.2) is 4.68 Å². The maximum atomic E-state index is 4.99. The van der Waals surface area contributed by atoms with Crippen LogP contribution in [-0.2, 0) is 12.8 Å². The second kappa shape index (κ2) is 6.55. The van der Waals surface area contributed by atoms with E-state index in [1.807, 2.05) is 0 Å². The molecule has 2 heterocycles. The normalized spacial score (nSPS) is 14.5. The SMILES string of the molecule is CCCc1nn(-c2ccccc2C(C)C)c2c1CCCCN2. The minimum Gasteiger partial charge on any atom is -0.370 e. The molecule has 0 saturated carbocycles. The first-order chi connectivity index (χ1) is 10.7. The van der Waals surface area contributed by atoms with Crippen molar-refractivity contribution in [1.82, 2.24) is 9.78 Å². The Morgan fingerprint density at radius 3 is 2.82 bits per heavy atom. The van der Waals surface area contributed by atoms with Crippen LogP contribution in [0.5, 0.6) is 0 Å². The van der Waals surface area contributed by atoms with Crippen LogP contribution in [-0.4, -0.2) is 16.3 Å². The monoisotopic (exact) mass is 297 g/mol. The molecule has 0 radical (unpaired) electrons. The second-order valence-corrected chi connectivity index (χ2v) is 6.53. The average Bonchev–Trinajstić information content (AvgIpc) is 2.71. The molecule has 1 aliphatic rings. The highest BCUT2D eigenvalue weighted by Gasteiger charge is 2.21. The fourth-order valence-corrected chi connectivity index (χ4v) is 3.35. The van der Waals surface area contributed by atoms with Crippen molar-refractivity contribution in [2.75, 3.05) is 11.9 Å². The Bertz CT molecular complexity index is 640. The lowest BCUT2D eigenvalue weighted by Gasteiger charge is -2.15. The van der Waals surface area contributed by atoms with Crippen molar-refractivity contribution < 1.29 is 0 Å². The predicted molar refractivity (Wildman–Crippen MR) is 93.1 cm³/mol. The van der Waals surface area contributed by atoms with Gasteiger partial charge in [0, 0.05) is 12.1 Å². The van der Waals surface area contributed by atoms with Crippen molar-refractivity contribution in [1.29, 1.82) is 0 Å². The number of nitrogens with one attached hydrogen (secondary N) is 1. The average molecular weight is 297 g/mol. The van der Waals surface area contributed by atoms with Crippen LogP contribution >= 0.6 is 0 Å². The molecule has 3 nitrogen and oxygen atoms in total. The lowest BCUT2D eigenvalue weighted by Crippen LogP contribution is -2.09. The highest BCUT2D eigenvalue weighted by atomic mass is 15.3. The Morgan fingerprint density at radius 1 is 1.23 bits per heavy atom. The lowest BCUT2D eigenvalue weighted by atomic mass is 10.0. The quantitative estimate of drug-likeness (QED) is 0.886. The molecule has 118 valence electrons. The van der Waals surface area contributed by atoms with Gasteiger partial charge in [0.2, 0.25) is 0 Å². The molecule has 1 aliphatic heterocycles. The summed E-state index contributed by atoms with van der Waals surface area (Å²) in [6, 6.07) is 8.67. The predicted octanol–water partition coefficient (Wildman–Crippen LogP) is 4.70. The lowest BCUT2D eigenvalue weighted by molar-refractivity contribution is 0.747. The molecule has 3 heteroatoms. The van der Waals surface area contributed by atoms with Crippen LogP contribution in [0, 0.1) is 0 Å². The zero-order valence-electron chi connectivity index (χ0n) is 14.0. The van der Waals surface area contributed by atoms with Crippen molar-refractivity contribution in [2.45, 2.75) is 58.8 Å². The number of aryl methyl sites for hydroxylation is 1. The third-order valence-electron chi connectivity index (χ3n) is 4.49. The molecule has 0 atom stereocenters. The number of hydrogen-bond donors (Lipinski definition) is 1. The van der Waals surface area contributed by atoms with Gasteiger partial charge < -0.3 is 5.32 Å². The van der Waals surface area contributed by atoms with Crippen molar-refractivity contribution in [3.8, 4) is 5.69 Å². The van der Waals surface area contributed by atoms with Crippen molar-refractivity contribution >= 4 is 5.82 Å². The summed E-state index contributed by atoms with van der Waals surface area (Å²) in [6.45, 7) is 7.79. The molecule has 1 aromatic carbocycles. The molecule has 22 heavy (non-hydrogen) atoms. The number of rotatable bonds is 4. The maximum Gasteiger partial charge on any atom is 0.133 e. The van der Waals surface area contributed by atoms with Crippen LogP contribution < -0.4 is 5.32 Å². The van der Waals surface area contributed by atoms with Crippen molar-refractivity contribution in [3.63, 3.8) is 0 Å². The molecule has 0 amide bonds. The molecule has 2 aromatic rings. The van der Waals surface area contributed by atoms with Gasteiger partial charge in [-0.3, -0.25) is 0 Å². The fourth-order valence-electron chi connectivity index (χ4n) is 3.35. The van der Waals surface area contributed by atoms with Crippen molar-refractivity contribution in [2.24, 2.45) is 0 Å². The van der Waals surface area contributed by atoms with Gasteiger partial charge in [-0.15, -0.1) is 0 Å². The minimum atomic E-state index is 0.497. The zero-order valence-corrected chi connectivity index (χ0v) is 14.0. The van der Waals surface area contributed by atoms with Gasteiger partial charge in [-0.2, -0.15) is 5.10 Å². The maximum absolute atomic E-state index is 4.99. The van der Waals surface area contributed by atoms with Crippen LogP contribution in [0.1, 0.15) is 62.8 Å². The summed E-state index contributed by atoms with van der Waals surface area (Å²) >= 11 is 0. The van der Waals surface area contributed by atoms with Gasteiger partial charge in [0.25, 0.3) is 0 Å². The summed E-state index contributed by atoms with van der Waals surface area (Å²) in [5.74, 6) is 1.73. The minimum absolute atomic E-state index is 0.497. The summed E-state index contributed by atoms with van der Waals surface area (Å²) in [5, 5.41) is 8.63. The molecule has 0 unspecified atom stereocenters. The van der Waals surface area contributed by atoms with Gasteiger partial charge >= 0.3 is 0 Å². The molecule has 0 spiro atoms. The van der Waals surface area contributed by atoms with E-state index in [2.05, 4.69) is 55.0 Å².